The molecule has 1 unspecified atom stereocenters. The maximum Gasteiger partial charge on any atom is 0.329 e. The molecule has 4 rings (SSSR count). The van der Waals surface area contributed by atoms with E-state index in [2.05, 4.69) is 0 Å². The van der Waals surface area contributed by atoms with Gasteiger partial charge in [-0.25, -0.2) is 4.79 Å². The molecular formula is C20H20N2O2S. The third-order valence-electron chi connectivity index (χ3n) is 4.84. The van der Waals surface area contributed by atoms with Crippen molar-refractivity contribution in [2.45, 2.75) is 42.0 Å². The molecule has 0 radical (unpaired) electrons. The Morgan fingerprint density at radius 3 is 2.16 bits per heavy atom. The summed E-state index contributed by atoms with van der Waals surface area (Å²) >= 11 is 1.68. The number of nitrogens with zero attached hydrogens (tertiary/aromatic N) is 2. The molecule has 5 heteroatoms. The van der Waals surface area contributed by atoms with Crippen molar-refractivity contribution >= 4 is 35.0 Å². The van der Waals surface area contributed by atoms with Crippen LogP contribution < -0.4 is 4.90 Å². The first-order valence-electron chi connectivity index (χ1n) is 8.64. The van der Waals surface area contributed by atoms with Crippen molar-refractivity contribution in [1.82, 2.24) is 4.90 Å². The summed E-state index contributed by atoms with van der Waals surface area (Å²) in [7, 11) is 0. The van der Waals surface area contributed by atoms with Crippen LogP contribution in [0, 0.1) is 0 Å². The van der Waals surface area contributed by atoms with Gasteiger partial charge in [-0.15, -0.1) is 0 Å². The van der Waals surface area contributed by atoms with Crippen molar-refractivity contribution in [2.75, 3.05) is 11.4 Å². The number of piperidine rings is 1. The van der Waals surface area contributed by atoms with E-state index in [1.54, 1.807) is 28.5 Å². The highest BCUT2D eigenvalue weighted by molar-refractivity contribution is 7.99. The number of carbonyl (C=O) groups excluding carboxylic acids is 2. The Bertz CT molecular complexity index is 790. The average molecular weight is 352 g/mol. The van der Waals surface area contributed by atoms with Gasteiger partial charge < -0.3 is 4.90 Å². The van der Waals surface area contributed by atoms with E-state index in [-0.39, 0.29) is 17.9 Å². The van der Waals surface area contributed by atoms with E-state index in [0.29, 0.717) is 6.54 Å². The number of fused-ring (bicyclic) bond motifs is 2. The molecule has 0 aliphatic carbocycles. The van der Waals surface area contributed by atoms with E-state index >= 15 is 0 Å². The van der Waals surface area contributed by atoms with E-state index in [1.165, 1.54) is 0 Å². The van der Waals surface area contributed by atoms with Crippen molar-refractivity contribution < 1.29 is 9.59 Å². The van der Waals surface area contributed by atoms with Crippen LogP contribution >= 0.6 is 11.8 Å². The molecule has 0 spiro atoms. The first-order chi connectivity index (χ1) is 12.2. The quantitative estimate of drug-likeness (QED) is 0.736. The van der Waals surface area contributed by atoms with Gasteiger partial charge >= 0.3 is 6.03 Å². The Hall–Kier alpha value is -2.27. The third-order valence-corrected chi connectivity index (χ3v) is 5.97. The van der Waals surface area contributed by atoms with Crippen molar-refractivity contribution in [3.05, 3.63) is 48.5 Å². The van der Waals surface area contributed by atoms with Crippen LogP contribution in [0.2, 0.25) is 0 Å². The van der Waals surface area contributed by atoms with Gasteiger partial charge in [0.2, 0.25) is 0 Å². The van der Waals surface area contributed by atoms with Crippen LogP contribution in [0.1, 0.15) is 26.2 Å². The van der Waals surface area contributed by atoms with Gasteiger partial charge in [-0.2, -0.15) is 0 Å². The summed E-state index contributed by atoms with van der Waals surface area (Å²) < 4.78 is 0. The van der Waals surface area contributed by atoms with Gasteiger partial charge in [0.05, 0.1) is 17.4 Å². The Balaban J connectivity index is 1.79. The van der Waals surface area contributed by atoms with E-state index in [1.807, 2.05) is 48.5 Å². The number of para-hydroxylation sites is 2. The summed E-state index contributed by atoms with van der Waals surface area (Å²) in [6.45, 7) is 2.22. The minimum Gasteiger partial charge on any atom is -0.314 e. The number of likely N-dealkylation sites (tertiary alicyclic amines) is 1. The molecule has 2 amide bonds. The second-order valence-corrected chi connectivity index (χ2v) is 7.55. The minimum atomic E-state index is -0.310. The number of hydrogen-bond donors (Lipinski definition) is 0. The molecule has 2 aliphatic rings. The van der Waals surface area contributed by atoms with Gasteiger partial charge in [0, 0.05) is 16.3 Å². The van der Waals surface area contributed by atoms with Crippen LogP contribution in [0.5, 0.6) is 0 Å². The summed E-state index contributed by atoms with van der Waals surface area (Å²) in [5.41, 5.74) is 1.79. The topological polar surface area (TPSA) is 40.6 Å². The molecule has 0 bridgehead atoms. The molecule has 2 aromatic rings. The third kappa shape index (κ3) is 2.82. The number of benzene rings is 2. The standard InChI is InChI=1S/C20H20N2O2S/c1-14(23)15-8-6-7-13-21(15)20(24)22-16-9-2-4-11-18(16)25-19-12-5-3-10-17(19)22/h2-5,9-12,15H,6-8,13H2,1H3. The zero-order valence-corrected chi connectivity index (χ0v) is 15.0. The fourth-order valence-electron chi connectivity index (χ4n) is 3.62. The highest BCUT2D eigenvalue weighted by atomic mass is 32.2. The van der Waals surface area contributed by atoms with Gasteiger partial charge in [-0.1, -0.05) is 36.0 Å². The SMILES string of the molecule is CC(=O)C1CCCCN1C(=O)N1c2ccccc2Sc2ccccc21. The lowest BCUT2D eigenvalue weighted by Gasteiger charge is -2.40. The van der Waals surface area contributed by atoms with Crippen LogP contribution in [0.15, 0.2) is 58.3 Å². The molecule has 4 nitrogen and oxygen atoms in total. The molecule has 1 saturated heterocycles. The number of amides is 2. The summed E-state index contributed by atoms with van der Waals surface area (Å²) in [6.07, 6.45) is 2.70. The maximum atomic E-state index is 13.5. The van der Waals surface area contributed by atoms with Crippen molar-refractivity contribution in [3.8, 4) is 0 Å². The molecule has 1 atom stereocenters. The summed E-state index contributed by atoms with van der Waals surface area (Å²) in [4.78, 5) is 31.2. The van der Waals surface area contributed by atoms with Gasteiger partial charge in [0.1, 0.15) is 0 Å². The van der Waals surface area contributed by atoms with E-state index in [4.69, 9.17) is 0 Å². The Labute approximate surface area is 151 Å². The van der Waals surface area contributed by atoms with Crippen LogP contribution in [0.25, 0.3) is 0 Å². The molecule has 128 valence electrons. The zero-order valence-electron chi connectivity index (χ0n) is 14.1. The summed E-state index contributed by atoms with van der Waals surface area (Å²) in [6, 6.07) is 15.5. The first-order valence-corrected chi connectivity index (χ1v) is 9.45. The molecule has 25 heavy (non-hydrogen) atoms. The van der Waals surface area contributed by atoms with Gasteiger partial charge in [-0.3, -0.25) is 9.69 Å². The Morgan fingerprint density at radius 1 is 0.960 bits per heavy atom. The molecule has 1 fully saturated rings. The molecule has 2 heterocycles. The minimum absolute atomic E-state index is 0.0704. The summed E-state index contributed by atoms with van der Waals surface area (Å²) in [5.74, 6) is 0.0704. The number of urea groups is 1. The molecule has 0 saturated carbocycles. The number of hydrogen-bond acceptors (Lipinski definition) is 3. The lowest BCUT2D eigenvalue weighted by Crippen LogP contribution is -2.52. The smallest absolute Gasteiger partial charge is 0.314 e. The predicted octanol–water partition coefficient (Wildman–Crippen LogP) is 4.85. The first kappa shape index (κ1) is 16.2. The van der Waals surface area contributed by atoms with Crippen molar-refractivity contribution in [2.24, 2.45) is 0 Å². The fraction of sp³-hybridized carbons (Fsp3) is 0.300. The van der Waals surface area contributed by atoms with Crippen LogP contribution in [0.4, 0.5) is 16.2 Å². The number of ketones is 1. The summed E-state index contributed by atoms with van der Waals surface area (Å²) in [5, 5.41) is 0. The van der Waals surface area contributed by atoms with Gasteiger partial charge in [-0.05, 0) is 50.5 Å². The maximum absolute atomic E-state index is 13.5. The van der Waals surface area contributed by atoms with Crippen molar-refractivity contribution in [1.29, 1.82) is 0 Å². The Kier molecular flexibility index (Phi) is 4.25. The highest BCUT2D eigenvalue weighted by Crippen LogP contribution is 2.48. The Morgan fingerprint density at radius 2 is 1.56 bits per heavy atom. The monoisotopic (exact) mass is 352 g/mol. The van der Waals surface area contributed by atoms with E-state index in [9.17, 15) is 9.59 Å². The molecule has 2 aromatic carbocycles. The lowest BCUT2D eigenvalue weighted by atomic mass is 9.99. The predicted molar refractivity (Wildman–Crippen MR) is 99.6 cm³/mol. The molecule has 0 N–H and O–H groups in total. The second-order valence-electron chi connectivity index (χ2n) is 6.47. The lowest BCUT2D eigenvalue weighted by molar-refractivity contribution is -0.122. The van der Waals surface area contributed by atoms with Gasteiger partial charge in [0.25, 0.3) is 0 Å². The highest BCUT2D eigenvalue weighted by Gasteiger charge is 2.36. The zero-order chi connectivity index (χ0) is 17.4. The second kappa shape index (κ2) is 6.56. The van der Waals surface area contributed by atoms with Crippen molar-refractivity contribution in [3.63, 3.8) is 0 Å². The number of anilines is 2. The molecule has 0 aromatic heterocycles. The normalized spacial score (nSPS) is 19.2. The van der Waals surface area contributed by atoms with Crippen LogP contribution in [0.3, 0.4) is 0 Å². The number of rotatable bonds is 1. The fourth-order valence-corrected chi connectivity index (χ4v) is 4.68. The number of carbonyl (C=O) groups is 2. The van der Waals surface area contributed by atoms with Crippen LogP contribution in [-0.4, -0.2) is 29.3 Å². The van der Waals surface area contributed by atoms with Crippen LogP contribution in [-0.2, 0) is 4.79 Å². The molecular weight excluding hydrogens is 332 g/mol. The number of Topliss-reactive ketones (excluding diaryl/α,β-unsaturated/α-hetero) is 1. The largest absolute Gasteiger partial charge is 0.329 e. The molecule has 2 aliphatic heterocycles. The van der Waals surface area contributed by atoms with E-state index in [0.717, 1.165) is 40.4 Å². The van der Waals surface area contributed by atoms with E-state index < -0.39 is 0 Å². The van der Waals surface area contributed by atoms with Gasteiger partial charge in [0.15, 0.2) is 5.78 Å². The average Bonchev–Trinajstić information content (AvgIpc) is 2.65.